The van der Waals surface area contributed by atoms with Gasteiger partial charge in [-0.1, -0.05) is 115 Å². The average Bonchev–Trinajstić information content (AvgIpc) is 3.76. The molecule has 4 heteroatoms. The van der Waals surface area contributed by atoms with Gasteiger partial charge in [-0.15, -0.1) is 0 Å². The van der Waals surface area contributed by atoms with Gasteiger partial charge in [-0.2, -0.15) is 0 Å². The van der Waals surface area contributed by atoms with Gasteiger partial charge >= 0.3 is 0 Å². The molecule has 0 radical (unpaired) electrons. The number of para-hydroxylation sites is 1. The van der Waals surface area contributed by atoms with E-state index in [1.54, 1.807) is 0 Å². The molecule has 236 valence electrons. The number of fused-ring (bicyclic) bond motifs is 6. The summed E-state index contributed by atoms with van der Waals surface area (Å²) in [7, 11) is 0. The highest BCUT2D eigenvalue weighted by Crippen LogP contribution is 2.47. The molecule has 0 amide bonds. The van der Waals surface area contributed by atoms with Gasteiger partial charge in [0.25, 0.3) is 0 Å². The molecular formula is C46H30N2O2. The Morgan fingerprint density at radius 3 is 1.96 bits per heavy atom. The van der Waals surface area contributed by atoms with E-state index in [2.05, 4.69) is 156 Å². The summed E-state index contributed by atoms with van der Waals surface area (Å²) in [6.07, 6.45) is -0.167. The van der Waals surface area contributed by atoms with Crippen LogP contribution in [-0.4, -0.2) is 0 Å². The summed E-state index contributed by atoms with van der Waals surface area (Å²) in [5, 5.41) is 16.1. The van der Waals surface area contributed by atoms with Gasteiger partial charge in [-0.3, -0.25) is 5.32 Å². The van der Waals surface area contributed by atoms with Crippen LogP contribution in [0.5, 0.6) is 0 Å². The molecule has 0 fully saturated rings. The summed E-state index contributed by atoms with van der Waals surface area (Å²) < 4.78 is 13.1. The van der Waals surface area contributed by atoms with Crippen LogP contribution in [0.3, 0.4) is 0 Å². The predicted molar refractivity (Wildman–Crippen MR) is 205 cm³/mol. The molecule has 0 saturated carbocycles. The van der Waals surface area contributed by atoms with Crippen LogP contribution >= 0.6 is 0 Å². The van der Waals surface area contributed by atoms with Gasteiger partial charge in [-0.05, 0) is 97.4 Å². The minimum absolute atomic E-state index is 0.158. The molecule has 2 unspecified atom stereocenters. The molecule has 10 aromatic rings. The van der Waals surface area contributed by atoms with Crippen molar-refractivity contribution in [1.82, 2.24) is 5.32 Å². The van der Waals surface area contributed by atoms with E-state index in [1.165, 1.54) is 49.0 Å². The predicted octanol–water partition coefficient (Wildman–Crippen LogP) is 12.2. The van der Waals surface area contributed by atoms with Crippen LogP contribution in [0.1, 0.15) is 29.1 Å². The zero-order valence-electron chi connectivity index (χ0n) is 27.0. The molecular weight excluding hydrogens is 613 g/mol. The number of nitrogens with one attached hydrogen (secondary N) is 2. The normalized spacial score (nSPS) is 16.1. The van der Waals surface area contributed by atoms with Crippen LogP contribution in [0.2, 0.25) is 0 Å². The van der Waals surface area contributed by atoms with E-state index < -0.39 is 0 Å². The fourth-order valence-electron chi connectivity index (χ4n) is 8.18. The molecule has 11 rings (SSSR count). The Labute approximate surface area is 287 Å². The zero-order chi connectivity index (χ0) is 32.8. The Balaban J connectivity index is 1.10. The van der Waals surface area contributed by atoms with Gasteiger partial charge < -0.3 is 14.2 Å². The summed E-state index contributed by atoms with van der Waals surface area (Å²) in [5.74, 6) is 0.901. The van der Waals surface area contributed by atoms with E-state index in [0.29, 0.717) is 0 Å². The van der Waals surface area contributed by atoms with E-state index in [0.717, 1.165) is 50.3 Å². The van der Waals surface area contributed by atoms with Crippen LogP contribution < -0.4 is 10.6 Å². The SMILES string of the molecule is c1ccc(-c2cccc(C3NC(c4ccc5c(c4)c4cccc6oc7cc(-c8ccccc8)cc5c7c64)Nc4c3oc3ccccc43)c2)cc1. The lowest BCUT2D eigenvalue weighted by molar-refractivity contribution is 0.422. The molecule has 0 aliphatic carbocycles. The smallest absolute Gasteiger partial charge is 0.149 e. The lowest BCUT2D eigenvalue weighted by Crippen LogP contribution is -2.36. The quantitative estimate of drug-likeness (QED) is 0.188. The van der Waals surface area contributed by atoms with Crippen LogP contribution in [0.4, 0.5) is 5.69 Å². The molecule has 0 saturated heterocycles. The molecule has 2 aromatic heterocycles. The summed E-state index contributed by atoms with van der Waals surface area (Å²) in [5.41, 5.74) is 10.8. The van der Waals surface area contributed by atoms with Crippen molar-refractivity contribution in [2.24, 2.45) is 0 Å². The largest absolute Gasteiger partial charge is 0.457 e. The van der Waals surface area contributed by atoms with E-state index in [-0.39, 0.29) is 12.2 Å². The lowest BCUT2D eigenvalue weighted by atomic mass is 9.90. The Bertz CT molecular complexity index is 2890. The van der Waals surface area contributed by atoms with Crippen LogP contribution in [0, 0.1) is 0 Å². The van der Waals surface area contributed by atoms with Crippen molar-refractivity contribution in [3.63, 3.8) is 0 Å². The van der Waals surface area contributed by atoms with Crippen LogP contribution in [-0.2, 0) is 0 Å². The van der Waals surface area contributed by atoms with Gasteiger partial charge in [0.05, 0.1) is 11.7 Å². The van der Waals surface area contributed by atoms with E-state index >= 15 is 0 Å². The number of hydrogen-bond acceptors (Lipinski definition) is 4. The van der Waals surface area contributed by atoms with Gasteiger partial charge in [0.1, 0.15) is 28.7 Å². The minimum Gasteiger partial charge on any atom is -0.457 e. The van der Waals surface area contributed by atoms with Gasteiger partial charge in [0.2, 0.25) is 0 Å². The molecule has 2 atom stereocenters. The summed E-state index contributed by atoms with van der Waals surface area (Å²) in [6, 6.07) is 55.9. The zero-order valence-corrected chi connectivity index (χ0v) is 27.0. The molecule has 0 bridgehead atoms. The number of rotatable bonds is 4. The highest BCUT2D eigenvalue weighted by molar-refractivity contribution is 6.33. The molecule has 1 aliphatic heterocycles. The van der Waals surface area contributed by atoms with E-state index in [9.17, 15) is 0 Å². The molecule has 50 heavy (non-hydrogen) atoms. The molecule has 4 nitrogen and oxygen atoms in total. The van der Waals surface area contributed by atoms with Crippen molar-refractivity contribution < 1.29 is 8.83 Å². The first-order valence-corrected chi connectivity index (χ1v) is 17.2. The van der Waals surface area contributed by atoms with Crippen molar-refractivity contribution in [3.05, 3.63) is 175 Å². The minimum atomic E-state index is -0.167. The van der Waals surface area contributed by atoms with Crippen molar-refractivity contribution in [1.29, 1.82) is 0 Å². The molecule has 0 spiro atoms. The number of anilines is 1. The number of hydrogen-bond donors (Lipinski definition) is 2. The van der Waals surface area contributed by atoms with Gasteiger partial charge in [0.15, 0.2) is 0 Å². The molecule has 8 aromatic carbocycles. The van der Waals surface area contributed by atoms with Crippen molar-refractivity contribution in [3.8, 4) is 22.3 Å². The van der Waals surface area contributed by atoms with Crippen molar-refractivity contribution >= 4 is 60.1 Å². The highest BCUT2D eigenvalue weighted by Gasteiger charge is 2.33. The summed E-state index contributed by atoms with van der Waals surface area (Å²) in [4.78, 5) is 0. The lowest BCUT2D eigenvalue weighted by Gasteiger charge is -2.33. The molecule has 3 heterocycles. The van der Waals surface area contributed by atoms with Gasteiger partial charge in [0, 0.05) is 16.2 Å². The second-order valence-corrected chi connectivity index (χ2v) is 13.4. The van der Waals surface area contributed by atoms with E-state index in [4.69, 9.17) is 8.83 Å². The maximum absolute atomic E-state index is 6.59. The second kappa shape index (κ2) is 10.6. The Kier molecular flexibility index (Phi) is 5.83. The van der Waals surface area contributed by atoms with Crippen molar-refractivity contribution in [2.75, 3.05) is 5.32 Å². The maximum Gasteiger partial charge on any atom is 0.149 e. The first kappa shape index (κ1) is 27.6. The third kappa shape index (κ3) is 4.09. The molecule has 2 N–H and O–H groups in total. The fourth-order valence-corrected chi connectivity index (χ4v) is 8.18. The first-order valence-electron chi connectivity index (χ1n) is 17.2. The van der Waals surface area contributed by atoms with Gasteiger partial charge in [-0.25, -0.2) is 0 Å². The summed E-state index contributed by atoms with van der Waals surface area (Å²) in [6.45, 7) is 0. The summed E-state index contributed by atoms with van der Waals surface area (Å²) >= 11 is 0. The van der Waals surface area contributed by atoms with Crippen LogP contribution in [0.15, 0.2) is 167 Å². The Morgan fingerprint density at radius 1 is 0.400 bits per heavy atom. The second-order valence-electron chi connectivity index (χ2n) is 13.4. The third-order valence-electron chi connectivity index (χ3n) is 10.5. The monoisotopic (exact) mass is 642 g/mol. The number of furan rings is 2. The van der Waals surface area contributed by atoms with Crippen molar-refractivity contribution in [2.45, 2.75) is 12.2 Å². The Hall–Kier alpha value is -6.36. The topological polar surface area (TPSA) is 50.3 Å². The third-order valence-corrected chi connectivity index (χ3v) is 10.5. The number of benzene rings is 8. The standard InChI is InChI=1S/C46H30N2O2/c1-3-11-27(12-4-1)29-15-9-16-30(23-29)43-45-44(35-17-7-8-19-38(35)50-45)48-46(47-43)31-21-22-33-36(24-31)34-18-10-20-39-41(34)42-37(33)25-32(26-40(42)49-39)28-13-5-2-6-14-28/h1-26,43,46-48H. The fraction of sp³-hybridized carbons (Fsp3) is 0.0435. The first-order chi connectivity index (χ1) is 24.8. The van der Waals surface area contributed by atoms with E-state index in [1.807, 2.05) is 12.1 Å². The Morgan fingerprint density at radius 2 is 1.10 bits per heavy atom. The average molecular weight is 643 g/mol. The van der Waals surface area contributed by atoms with Crippen LogP contribution in [0.25, 0.3) is 76.7 Å². The maximum atomic E-state index is 6.59. The molecule has 1 aliphatic rings. The highest BCUT2D eigenvalue weighted by atomic mass is 16.3.